The second kappa shape index (κ2) is 15.0. The van der Waals surface area contributed by atoms with Gasteiger partial charge in [0.25, 0.3) is 0 Å². The highest BCUT2D eigenvalue weighted by Gasteiger charge is 2.27. The van der Waals surface area contributed by atoms with E-state index in [0.717, 1.165) is 0 Å². The molecule has 0 aliphatic heterocycles. The Morgan fingerprint density at radius 3 is 2.00 bits per heavy atom. The molecule has 13 heteroatoms. The van der Waals surface area contributed by atoms with E-state index in [1.54, 1.807) is 0 Å². The number of guanidine groups is 1. The summed E-state index contributed by atoms with van der Waals surface area (Å²) in [5.41, 5.74) is 21.5. The Hall–Kier alpha value is -2.93. The highest BCUT2D eigenvalue weighted by atomic mass is 16.4. The summed E-state index contributed by atoms with van der Waals surface area (Å²) < 4.78 is 0. The number of nitrogens with zero attached hydrogens (tertiary/aromatic N) is 1. The molecule has 12 N–H and O–H groups in total. The Morgan fingerprint density at radius 1 is 0.867 bits per heavy atom. The smallest absolute Gasteiger partial charge is 0.326 e. The molecule has 0 aromatic carbocycles. The summed E-state index contributed by atoms with van der Waals surface area (Å²) in [6.07, 6.45) is 1.35. The van der Waals surface area contributed by atoms with Gasteiger partial charge in [0, 0.05) is 13.0 Å². The first-order valence-corrected chi connectivity index (χ1v) is 9.64. The Kier molecular flexibility index (Phi) is 13.5. The molecule has 0 heterocycles. The van der Waals surface area contributed by atoms with Crippen LogP contribution in [0.1, 0.15) is 44.9 Å². The average molecular weight is 431 g/mol. The summed E-state index contributed by atoms with van der Waals surface area (Å²) in [5, 5.41) is 22.9. The van der Waals surface area contributed by atoms with Gasteiger partial charge in [0.05, 0.1) is 6.04 Å². The van der Waals surface area contributed by atoms with Gasteiger partial charge < -0.3 is 43.8 Å². The van der Waals surface area contributed by atoms with Gasteiger partial charge in [-0.25, -0.2) is 4.79 Å². The van der Waals surface area contributed by atoms with Crippen LogP contribution in [0.3, 0.4) is 0 Å². The molecule has 30 heavy (non-hydrogen) atoms. The van der Waals surface area contributed by atoms with E-state index in [0.29, 0.717) is 25.8 Å². The minimum atomic E-state index is -1.24. The molecule has 0 saturated heterocycles. The number of nitrogens with one attached hydrogen (secondary N) is 2. The molecule has 0 spiro atoms. The molecule has 0 bridgehead atoms. The second-order valence-corrected chi connectivity index (χ2v) is 6.73. The monoisotopic (exact) mass is 431 g/mol. The predicted octanol–water partition coefficient (Wildman–Crippen LogP) is -2.58. The molecule has 0 aliphatic rings. The van der Waals surface area contributed by atoms with Crippen LogP contribution in [0, 0.1) is 0 Å². The van der Waals surface area contributed by atoms with Crippen LogP contribution in [0.15, 0.2) is 4.99 Å². The third-order valence-electron chi connectivity index (χ3n) is 4.15. The molecule has 3 unspecified atom stereocenters. The van der Waals surface area contributed by atoms with Gasteiger partial charge in [-0.15, -0.1) is 0 Å². The van der Waals surface area contributed by atoms with Gasteiger partial charge in [-0.1, -0.05) is 0 Å². The Bertz CT molecular complexity index is 609. The Balaban J connectivity index is 4.98. The molecular weight excluding hydrogens is 398 g/mol. The molecule has 0 fully saturated rings. The topological polar surface area (TPSA) is 249 Å². The quantitative estimate of drug-likeness (QED) is 0.0719. The van der Waals surface area contributed by atoms with E-state index in [1.807, 2.05) is 0 Å². The van der Waals surface area contributed by atoms with Crippen LogP contribution in [-0.2, 0) is 19.2 Å². The highest BCUT2D eigenvalue weighted by Crippen LogP contribution is 2.05. The van der Waals surface area contributed by atoms with E-state index >= 15 is 0 Å². The SMILES string of the molecule is NCCCCC(NC(=O)C(N)CCC(=O)O)C(=O)NC(CCCN=C(N)N)C(=O)O. The first-order valence-electron chi connectivity index (χ1n) is 9.64. The fourth-order valence-corrected chi connectivity index (χ4v) is 2.48. The van der Waals surface area contributed by atoms with Gasteiger partial charge in [0.1, 0.15) is 12.1 Å². The van der Waals surface area contributed by atoms with E-state index in [9.17, 15) is 24.3 Å². The molecule has 172 valence electrons. The number of carbonyl (C=O) groups is 4. The molecular formula is C17H33N7O6. The van der Waals surface area contributed by atoms with Crippen LogP contribution in [-0.4, -0.2) is 71.1 Å². The van der Waals surface area contributed by atoms with Crippen molar-refractivity contribution in [1.29, 1.82) is 0 Å². The van der Waals surface area contributed by atoms with E-state index in [-0.39, 0.29) is 38.2 Å². The maximum absolute atomic E-state index is 12.6. The molecule has 0 saturated carbocycles. The van der Waals surface area contributed by atoms with Crippen LogP contribution in [0.5, 0.6) is 0 Å². The molecule has 0 aromatic rings. The highest BCUT2D eigenvalue weighted by molar-refractivity contribution is 5.91. The average Bonchev–Trinajstić information content (AvgIpc) is 2.66. The van der Waals surface area contributed by atoms with E-state index in [4.69, 9.17) is 28.0 Å². The van der Waals surface area contributed by atoms with E-state index in [2.05, 4.69) is 15.6 Å². The lowest BCUT2D eigenvalue weighted by Gasteiger charge is -2.23. The summed E-state index contributed by atoms with van der Waals surface area (Å²) in [7, 11) is 0. The number of aliphatic imine (C=N–C) groups is 1. The lowest BCUT2D eigenvalue weighted by Crippen LogP contribution is -2.54. The zero-order chi connectivity index (χ0) is 23.1. The van der Waals surface area contributed by atoms with Crippen molar-refractivity contribution in [1.82, 2.24) is 10.6 Å². The van der Waals surface area contributed by atoms with E-state index < -0.39 is 41.9 Å². The molecule has 3 atom stereocenters. The summed E-state index contributed by atoms with van der Waals surface area (Å²) in [5.74, 6) is -3.82. The van der Waals surface area contributed by atoms with Crippen molar-refractivity contribution in [2.75, 3.05) is 13.1 Å². The number of carbonyl (C=O) groups excluding carboxylic acids is 2. The molecule has 0 radical (unpaired) electrons. The number of unbranched alkanes of at least 4 members (excludes halogenated alkanes) is 1. The number of rotatable bonds is 16. The zero-order valence-corrected chi connectivity index (χ0v) is 16.9. The molecule has 0 rings (SSSR count). The molecule has 13 nitrogen and oxygen atoms in total. The fourth-order valence-electron chi connectivity index (χ4n) is 2.48. The summed E-state index contributed by atoms with van der Waals surface area (Å²) in [6, 6.07) is -3.33. The van der Waals surface area contributed by atoms with Crippen LogP contribution in [0.4, 0.5) is 0 Å². The first kappa shape index (κ1) is 27.1. The van der Waals surface area contributed by atoms with Crippen molar-refractivity contribution in [2.45, 2.75) is 63.1 Å². The van der Waals surface area contributed by atoms with Gasteiger partial charge in [0.2, 0.25) is 11.8 Å². The Labute approximate surface area is 174 Å². The molecule has 0 aromatic heterocycles. The first-order chi connectivity index (χ1) is 14.1. The normalized spacial score (nSPS) is 13.5. The summed E-state index contributed by atoms with van der Waals surface area (Å²) in [4.78, 5) is 50.6. The Morgan fingerprint density at radius 2 is 1.47 bits per heavy atom. The van der Waals surface area contributed by atoms with Crippen molar-refractivity contribution in [3.63, 3.8) is 0 Å². The second-order valence-electron chi connectivity index (χ2n) is 6.73. The van der Waals surface area contributed by atoms with Crippen LogP contribution in [0.2, 0.25) is 0 Å². The number of hydrogen-bond acceptors (Lipinski definition) is 7. The van der Waals surface area contributed by atoms with Gasteiger partial charge in [0.15, 0.2) is 5.96 Å². The fraction of sp³-hybridized carbons (Fsp3) is 0.706. The number of nitrogens with two attached hydrogens (primary N) is 4. The third kappa shape index (κ3) is 12.5. The van der Waals surface area contributed by atoms with Crippen molar-refractivity contribution < 1.29 is 29.4 Å². The maximum atomic E-state index is 12.6. The van der Waals surface area contributed by atoms with Gasteiger partial charge in [-0.2, -0.15) is 0 Å². The summed E-state index contributed by atoms with van der Waals surface area (Å²) >= 11 is 0. The third-order valence-corrected chi connectivity index (χ3v) is 4.15. The van der Waals surface area contributed by atoms with Crippen LogP contribution < -0.4 is 33.6 Å². The maximum Gasteiger partial charge on any atom is 0.326 e. The lowest BCUT2D eigenvalue weighted by molar-refractivity contribution is -0.142. The van der Waals surface area contributed by atoms with Crippen LogP contribution in [0.25, 0.3) is 0 Å². The lowest BCUT2D eigenvalue weighted by atomic mass is 10.1. The summed E-state index contributed by atoms with van der Waals surface area (Å²) in [6.45, 7) is 0.597. The van der Waals surface area contributed by atoms with Gasteiger partial charge in [-0.3, -0.25) is 19.4 Å². The number of amides is 2. The standard InChI is InChI=1S/C17H33N7O6/c18-8-2-1-4-11(23-14(27)10(19)6-7-13(25)26)15(28)24-12(16(29)30)5-3-9-22-17(20)21/h10-12H,1-9,18-19H2,(H,23,27)(H,24,28)(H,25,26)(H,29,30)(H4,20,21,22). The number of hydrogen-bond donors (Lipinski definition) is 8. The number of carboxylic acids is 2. The molecule has 0 aliphatic carbocycles. The van der Waals surface area contributed by atoms with Crippen molar-refractivity contribution in [3.05, 3.63) is 0 Å². The van der Waals surface area contributed by atoms with Gasteiger partial charge in [-0.05, 0) is 45.1 Å². The van der Waals surface area contributed by atoms with Gasteiger partial charge >= 0.3 is 11.9 Å². The minimum Gasteiger partial charge on any atom is -0.481 e. The minimum absolute atomic E-state index is 0.0828. The predicted molar refractivity (Wildman–Crippen MR) is 109 cm³/mol. The number of carboxylic acid groups (broad SMARTS) is 2. The van der Waals surface area contributed by atoms with Crippen LogP contribution >= 0.6 is 0 Å². The van der Waals surface area contributed by atoms with E-state index in [1.165, 1.54) is 0 Å². The zero-order valence-electron chi connectivity index (χ0n) is 16.9. The number of aliphatic carboxylic acids is 2. The molecule has 2 amide bonds. The van der Waals surface area contributed by atoms with Crippen molar-refractivity contribution in [3.8, 4) is 0 Å². The largest absolute Gasteiger partial charge is 0.481 e. The van der Waals surface area contributed by atoms with Crippen molar-refractivity contribution in [2.24, 2.45) is 27.9 Å². The van der Waals surface area contributed by atoms with Crippen molar-refractivity contribution >= 4 is 29.7 Å².